The van der Waals surface area contributed by atoms with Crippen molar-refractivity contribution in [3.63, 3.8) is 0 Å². The summed E-state index contributed by atoms with van der Waals surface area (Å²) in [5.74, 6) is -0.241. The maximum absolute atomic E-state index is 10.1. The van der Waals surface area contributed by atoms with Gasteiger partial charge in [-0.3, -0.25) is 10.2 Å². The van der Waals surface area contributed by atoms with Gasteiger partial charge in [0.25, 0.3) is 0 Å². The van der Waals surface area contributed by atoms with Gasteiger partial charge in [0.1, 0.15) is 0 Å². The molecule has 0 radical (unpaired) electrons. The van der Waals surface area contributed by atoms with Gasteiger partial charge in [-0.15, -0.1) is 13.2 Å². The van der Waals surface area contributed by atoms with E-state index in [0.29, 0.717) is 0 Å². The van der Waals surface area contributed by atoms with Crippen molar-refractivity contribution in [3.8, 4) is 0 Å². The lowest BCUT2D eigenvalue weighted by Gasteiger charge is -1.81. The minimum atomic E-state index is -0.241. The lowest BCUT2D eigenvalue weighted by Crippen LogP contribution is -2.02. The molecule has 0 aliphatic rings. The maximum atomic E-state index is 10.1. The number of nitrogens with one attached hydrogen (secondary N) is 1. The second-order valence-corrected chi connectivity index (χ2v) is 1.17. The van der Waals surface area contributed by atoms with Crippen LogP contribution in [0.1, 0.15) is 6.92 Å². The van der Waals surface area contributed by atoms with E-state index in [4.69, 9.17) is 5.41 Å². The molecule has 0 rings (SSSR count). The van der Waals surface area contributed by atoms with Crippen LogP contribution in [0.15, 0.2) is 25.8 Å². The molecule has 0 aromatic carbocycles. The first-order valence-electron chi connectivity index (χ1n) is 2.40. The SMILES string of the molecule is C=C.C=CC(=N)C(C)=O. The van der Waals surface area contributed by atoms with Crippen LogP contribution in [0.3, 0.4) is 0 Å². The second kappa shape index (κ2) is 6.82. The number of Topliss-reactive ketones (excluding diaryl/α,β-unsaturated/α-hetero) is 1. The average molecular weight is 125 g/mol. The van der Waals surface area contributed by atoms with Crippen LogP contribution in [0.5, 0.6) is 0 Å². The Labute approximate surface area is 55.4 Å². The molecule has 0 aromatic rings. The van der Waals surface area contributed by atoms with E-state index in [2.05, 4.69) is 19.7 Å². The lowest BCUT2D eigenvalue weighted by atomic mass is 10.3. The molecule has 0 heterocycles. The third kappa shape index (κ3) is 6.82. The highest BCUT2D eigenvalue weighted by Gasteiger charge is 1.92. The van der Waals surface area contributed by atoms with Crippen LogP contribution >= 0.6 is 0 Å². The molecule has 0 saturated heterocycles. The maximum Gasteiger partial charge on any atom is 0.177 e. The molecular formula is C7H11NO. The van der Waals surface area contributed by atoms with Crippen LogP contribution in [0.25, 0.3) is 0 Å². The van der Waals surface area contributed by atoms with E-state index in [9.17, 15) is 4.79 Å². The highest BCUT2D eigenvalue weighted by Crippen LogP contribution is 1.73. The molecule has 1 N–H and O–H groups in total. The smallest absolute Gasteiger partial charge is 0.177 e. The summed E-state index contributed by atoms with van der Waals surface area (Å²) < 4.78 is 0. The molecule has 0 atom stereocenters. The Morgan fingerprint density at radius 3 is 1.89 bits per heavy atom. The van der Waals surface area contributed by atoms with Crippen LogP contribution in [0.2, 0.25) is 0 Å². The van der Waals surface area contributed by atoms with Gasteiger partial charge in [-0.25, -0.2) is 0 Å². The normalized spacial score (nSPS) is 6.33. The summed E-state index contributed by atoms with van der Waals surface area (Å²) in [6.45, 7) is 10.6. The first kappa shape index (κ1) is 10.7. The third-order valence-corrected chi connectivity index (χ3v) is 0.583. The molecule has 2 heteroatoms. The van der Waals surface area contributed by atoms with Gasteiger partial charge < -0.3 is 0 Å². The fourth-order valence-electron chi connectivity index (χ4n) is 0.144. The quantitative estimate of drug-likeness (QED) is 0.442. The largest absolute Gasteiger partial charge is 0.297 e. The van der Waals surface area contributed by atoms with Crippen molar-refractivity contribution < 1.29 is 4.79 Å². The number of carbonyl (C=O) groups excluding carboxylic acids is 1. The van der Waals surface area contributed by atoms with E-state index >= 15 is 0 Å². The van der Waals surface area contributed by atoms with Crippen LogP contribution in [-0.2, 0) is 4.79 Å². The molecule has 0 spiro atoms. The zero-order valence-electron chi connectivity index (χ0n) is 5.61. The molecule has 9 heavy (non-hydrogen) atoms. The molecule has 0 bridgehead atoms. The van der Waals surface area contributed by atoms with E-state index in [1.54, 1.807) is 0 Å². The van der Waals surface area contributed by atoms with Crippen LogP contribution in [-0.4, -0.2) is 11.5 Å². The van der Waals surface area contributed by atoms with Crippen molar-refractivity contribution in [1.82, 2.24) is 0 Å². The Kier molecular flexibility index (Phi) is 8.14. The monoisotopic (exact) mass is 125 g/mol. The van der Waals surface area contributed by atoms with E-state index in [-0.39, 0.29) is 11.5 Å². The number of rotatable bonds is 2. The van der Waals surface area contributed by atoms with Crippen LogP contribution < -0.4 is 0 Å². The molecule has 0 aromatic heterocycles. The minimum Gasteiger partial charge on any atom is -0.297 e. The molecule has 2 nitrogen and oxygen atoms in total. The molecule has 0 aliphatic carbocycles. The van der Waals surface area contributed by atoms with Crippen molar-refractivity contribution >= 4 is 11.5 Å². The summed E-state index contributed by atoms with van der Waals surface area (Å²) in [4.78, 5) is 10.1. The van der Waals surface area contributed by atoms with Crippen molar-refractivity contribution in [2.75, 3.05) is 0 Å². The number of carbonyl (C=O) groups is 1. The molecule has 0 amide bonds. The second-order valence-electron chi connectivity index (χ2n) is 1.17. The van der Waals surface area contributed by atoms with Gasteiger partial charge in [0, 0.05) is 6.92 Å². The predicted octanol–water partition coefficient (Wildman–Crippen LogP) is 1.58. The van der Waals surface area contributed by atoms with E-state index in [1.165, 1.54) is 13.0 Å². The molecule has 50 valence electrons. The van der Waals surface area contributed by atoms with Crippen molar-refractivity contribution in [1.29, 1.82) is 5.41 Å². The Bertz CT molecular complexity index is 127. The molecule has 0 unspecified atom stereocenters. The topological polar surface area (TPSA) is 40.9 Å². The van der Waals surface area contributed by atoms with E-state index < -0.39 is 0 Å². The van der Waals surface area contributed by atoms with Gasteiger partial charge in [-0.1, -0.05) is 6.58 Å². The fraction of sp³-hybridized carbons (Fsp3) is 0.143. The highest BCUT2D eigenvalue weighted by atomic mass is 16.1. The zero-order chi connectivity index (χ0) is 7.86. The van der Waals surface area contributed by atoms with E-state index in [0.717, 1.165) is 0 Å². The van der Waals surface area contributed by atoms with Gasteiger partial charge >= 0.3 is 0 Å². The Balaban J connectivity index is 0. The Morgan fingerprint density at radius 2 is 1.89 bits per heavy atom. The van der Waals surface area contributed by atoms with Crippen molar-refractivity contribution in [2.45, 2.75) is 6.92 Å². The number of allylic oxidation sites excluding steroid dienone is 1. The number of ketones is 1. The fourth-order valence-corrected chi connectivity index (χ4v) is 0.144. The van der Waals surface area contributed by atoms with Gasteiger partial charge in [0.05, 0.1) is 5.71 Å². The highest BCUT2D eigenvalue weighted by molar-refractivity contribution is 6.41. The zero-order valence-corrected chi connectivity index (χ0v) is 5.61. The van der Waals surface area contributed by atoms with Gasteiger partial charge in [0.15, 0.2) is 5.78 Å². The summed E-state index contributed by atoms with van der Waals surface area (Å²) in [6.07, 6.45) is 1.22. The summed E-state index contributed by atoms with van der Waals surface area (Å²) in [5.41, 5.74) is -0.0278. The standard InChI is InChI=1S/C5H7NO.C2H4/c1-3-5(6)4(2)7;1-2/h3,6H,1H2,2H3;1-2H2. The molecule has 0 fully saturated rings. The number of hydrogen-bond acceptors (Lipinski definition) is 2. The van der Waals surface area contributed by atoms with E-state index in [1.807, 2.05) is 0 Å². The minimum absolute atomic E-state index is 0.0278. The van der Waals surface area contributed by atoms with Crippen LogP contribution in [0, 0.1) is 5.41 Å². The molecule has 0 aliphatic heterocycles. The van der Waals surface area contributed by atoms with Crippen molar-refractivity contribution in [3.05, 3.63) is 25.8 Å². The Morgan fingerprint density at radius 1 is 1.56 bits per heavy atom. The summed E-state index contributed by atoms with van der Waals surface area (Å²) in [5, 5.41) is 6.72. The van der Waals surface area contributed by atoms with Crippen molar-refractivity contribution in [2.24, 2.45) is 0 Å². The first-order chi connectivity index (χ1) is 4.18. The van der Waals surface area contributed by atoms with Gasteiger partial charge in [-0.05, 0) is 6.08 Å². The van der Waals surface area contributed by atoms with Gasteiger partial charge in [-0.2, -0.15) is 0 Å². The Hall–Kier alpha value is -1.18. The third-order valence-electron chi connectivity index (χ3n) is 0.583. The van der Waals surface area contributed by atoms with Crippen LogP contribution in [0.4, 0.5) is 0 Å². The predicted molar refractivity (Wildman–Crippen MR) is 39.9 cm³/mol. The summed E-state index contributed by atoms with van der Waals surface area (Å²) in [6, 6.07) is 0. The van der Waals surface area contributed by atoms with Gasteiger partial charge in [0.2, 0.25) is 0 Å². The first-order valence-corrected chi connectivity index (χ1v) is 2.40. The molecule has 0 saturated carbocycles. The average Bonchev–Trinajstić information content (AvgIpc) is 1.91. The lowest BCUT2D eigenvalue weighted by molar-refractivity contribution is -0.111. The number of hydrogen-bond donors (Lipinski definition) is 1. The molecular weight excluding hydrogens is 114 g/mol. The summed E-state index contributed by atoms with van der Waals surface area (Å²) in [7, 11) is 0. The summed E-state index contributed by atoms with van der Waals surface area (Å²) >= 11 is 0.